The summed E-state index contributed by atoms with van der Waals surface area (Å²) in [7, 11) is 0. The van der Waals surface area contributed by atoms with Crippen molar-refractivity contribution in [2.45, 2.75) is 0 Å². The Labute approximate surface area is 112 Å². The standard InChI is InChI=1S/C12H9N7O/c13-11(17-18-20)8-3-5-14-10(6-8)19-12-9(7-16-19)2-1-4-15-12/h1-7H,(H2,13,17,20). The molecule has 8 nitrogen and oxygen atoms in total. The molecule has 0 bridgehead atoms. The maximum Gasteiger partial charge on any atom is 0.164 e. The van der Waals surface area contributed by atoms with Crippen molar-refractivity contribution in [3.05, 3.63) is 53.3 Å². The van der Waals surface area contributed by atoms with Gasteiger partial charge in [0.1, 0.15) is 5.84 Å². The molecule has 3 aromatic rings. The van der Waals surface area contributed by atoms with Crippen LogP contribution in [0, 0.1) is 10.3 Å². The van der Waals surface area contributed by atoms with E-state index in [1.54, 1.807) is 29.2 Å². The minimum atomic E-state index is -0.104. The average Bonchev–Trinajstić information content (AvgIpc) is 2.91. The molecule has 0 amide bonds. The SMILES string of the molecule is N=C(NN=O)c1ccnc(-n2ncc3cccnc32)c1. The third kappa shape index (κ3) is 1.99. The van der Waals surface area contributed by atoms with Crippen LogP contribution in [0.2, 0.25) is 0 Å². The quantitative estimate of drug-likeness (QED) is 0.323. The molecule has 0 aliphatic heterocycles. The second-order valence-corrected chi connectivity index (χ2v) is 3.95. The van der Waals surface area contributed by atoms with E-state index in [9.17, 15) is 4.91 Å². The highest BCUT2D eigenvalue weighted by atomic mass is 16.3. The normalized spacial score (nSPS) is 10.4. The van der Waals surface area contributed by atoms with Gasteiger partial charge in [-0.15, -0.1) is 4.91 Å². The maximum atomic E-state index is 10.1. The summed E-state index contributed by atoms with van der Waals surface area (Å²) in [6.45, 7) is 0. The van der Waals surface area contributed by atoms with Gasteiger partial charge in [-0.25, -0.2) is 15.4 Å². The predicted molar refractivity (Wildman–Crippen MR) is 72.4 cm³/mol. The Balaban J connectivity index is 2.08. The lowest BCUT2D eigenvalue weighted by molar-refractivity contribution is 0.861. The van der Waals surface area contributed by atoms with E-state index in [4.69, 9.17) is 5.41 Å². The lowest BCUT2D eigenvalue weighted by atomic mass is 10.2. The molecule has 0 aliphatic rings. The fraction of sp³-hybridized carbons (Fsp3) is 0. The summed E-state index contributed by atoms with van der Waals surface area (Å²) in [4.78, 5) is 18.6. The number of pyridine rings is 2. The number of hydrogen-bond acceptors (Lipinski definition) is 6. The van der Waals surface area contributed by atoms with Gasteiger partial charge in [-0.1, -0.05) is 0 Å². The van der Waals surface area contributed by atoms with E-state index < -0.39 is 0 Å². The summed E-state index contributed by atoms with van der Waals surface area (Å²) in [6, 6.07) is 6.95. The molecule has 20 heavy (non-hydrogen) atoms. The van der Waals surface area contributed by atoms with Gasteiger partial charge in [0, 0.05) is 23.3 Å². The lowest BCUT2D eigenvalue weighted by Crippen LogP contribution is -2.17. The molecule has 3 rings (SSSR count). The topological polar surface area (TPSA) is 109 Å². The largest absolute Gasteiger partial charge is 0.283 e. The van der Waals surface area contributed by atoms with Gasteiger partial charge in [-0.05, 0) is 24.3 Å². The number of fused-ring (bicyclic) bond motifs is 1. The molecule has 0 atom stereocenters. The van der Waals surface area contributed by atoms with Crippen LogP contribution in [0.25, 0.3) is 16.9 Å². The van der Waals surface area contributed by atoms with Gasteiger partial charge >= 0.3 is 0 Å². The number of nitrogens with one attached hydrogen (secondary N) is 2. The van der Waals surface area contributed by atoms with Gasteiger partial charge in [-0.2, -0.15) is 9.78 Å². The molecule has 0 radical (unpaired) electrons. The molecular formula is C12H9N7O. The number of amidine groups is 1. The highest BCUT2D eigenvalue weighted by molar-refractivity contribution is 5.96. The number of rotatable bonds is 3. The van der Waals surface area contributed by atoms with Gasteiger partial charge in [0.2, 0.25) is 0 Å². The Morgan fingerprint density at radius 2 is 2.20 bits per heavy atom. The summed E-state index contributed by atoms with van der Waals surface area (Å²) in [5.74, 6) is 0.404. The molecule has 2 N–H and O–H groups in total. The minimum absolute atomic E-state index is 0.104. The van der Waals surface area contributed by atoms with Crippen molar-refractivity contribution in [3.8, 4) is 5.82 Å². The molecule has 0 unspecified atom stereocenters. The first-order valence-electron chi connectivity index (χ1n) is 5.72. The van der Waals surface area contributed by atoms with Gasteiger partial charge in [0.05, 0.1) is 11.5 Å². The van der Waals surface area contributed by atoms with Crippen molar-refractivity contribution >= 4 is 16.9 Å². The zero-order valence-corrected chi connectivity index (χ0v) is 10.2. The molecule has 3 heterocycles. The first-order chi connectivity index (χ1) is 9.79. The van der Waals surface area contributed by atoms with Crippen molar-refractivity contribution in [1.29, 1.82) is 5.41 Å². The summed E-state index contributed by atoms with van der Waals surface area (Å²) in [5, 5.41) is 15.2. The Morgan fingerprint density at radius 1 is 1.30 bits per heavy atom. The number of nitrogens with zero attached hydrogens (tertiary/aromatic N) is 5. The second-order valence-electron chi connectivity index (χ2n) is 3.95. The van der Waals surface area contributed by atoms with Crippen LogP contribution in [-0.2, 0) is 0 Å². The van der Waals surface area contributed by atoms with Crippen LogP contribution in [-0.4, -0.2) is 25.6 Å². The summed E-state index contributed by atoms with van der Waals surface area (Å²) < 4.78 is 1.57. The zero-order valence-electron chi connectivity index (χ0n) is 10.2. The molecule has 3 aromatic heterocycles. The highest BCUT2D eigenvalue weighted by Gasteiger charge is 2.09. The van der Waals surface area contributed by atoms with Crippen LogP contribution in [0.1, 0.15) is 5.56 Å². The monoisotopic (exact) mass is 267 g/mol. The van der Waals surface area contributed by atoms with Crippen molar-refractivity contribution in [2.75, 3.05) is 0 Å². The molecule has 98 valence electrons. The maximum absolute atomic E-state index is 10.1. The molecule has 0 spiro atoms. The van der Waals surface area contributed by atoms with Crippen molar-refractivity contribution in [1.82, 2.24) is 25.2 Å². The smallest absolute Gasteiger partial charge is 0.164 e. The van der Waals surface area contributed by atoms with Crippen molar-refractivity contribution < 1.29 is 0 Å². The molecule has 8 heteroatoms. The highest BCUT2D eigenvalue weighted by Crippen LogP contribution is 2.14. The van der Waals surface area contributed by atoms with E-state index in [0.29, 0.717) is 17.0 Å². The third-order valence-electron chi connectivity index (χ3n) is 2.74. The number of nitroso groups, excluding NO2 is 1. The van der Waals surface area contributed by atoms with Gasteiger partial charge < -0.3 is 0 Å². The minimum Gasteiger partial charge on any atom is -0.283 e. The number of aromatic nitrogens is 4. The van der Waals surface area contributed by atoms with E-state index in [0.717, 1.165) is 5.39 Å². The first kappa shape index (κ1) is 11.9. The average molecular weight is 267 g/mol. The predicted octanol–water partition coefficient (Wildman–Crippen LogP) is 1.41. The summed E-state index contributed by atoms with van der Waals surface area (Å²) in [5.41, 5.74) is 3.20. The fourth-order valence-corrected chi connectivity index (χ4v) is 1.83. The molecule has 0 aromatic carbocycles. The molecule has 0 saturated carbocycles. The van der Waals surface area contributed by atoms with E-state index in [-0.39, 0.29) is 5.84 Å². The van der Waals surface area contributed by atoms with Crippen LogP contribution < -0.4 is 5.43 Å². The second kappa shape index (κ2) is 4.84. The van der Waals surface area contributed by atoms with Crippen molar-refractivity contribution in [3.63, 3.8) is 0 Å². The van der Waals surface area contributed by atoms with Gasteiger partial charge in [0.15, 0.2) is 11.5 Å². The molecule has 0 saturated heterocycles. The Morgan fingerprint density at radius 3 is 3.05 bits per heavy atom. The lowest BCUT2D eigenvalue weighted by Gasteiger charge is -2.05. The van der Waals surface area contributed by atoms with Crippen LogP contribution in [0.3, 0.4) is 0 Å². The van der Waals surface area contributed by atoms with E-state index in [1.165, 1.54) is 6.20 Å². The van der Waals surface area contributed by atoms with Crippen LogP contribution in [0.4, 0.5) is 0 Å². The summed E-state index contributed by atoms with van der Waals surface area (Å²) in [6.07, 6.45) is 4.89. The zero-order chi connectivity index (χ0) is 13.9. The van der Waals surface area contributed by atoms with E-state index in [1.807, 2.05) is 12.1 Å². The number of hydrogen-bond donors (Lipinski definition) is 2. The van der Waals surface area contributed by atoms with E-state index in [2.05, 4.69) is 25.8 Å². The Bertz CT molecular complexity index is 795. The summed E-state index contributed by atoms with van der Waals surface area (Å²) >= 11 is 0. The van der Waals surface area contributed by atoms with Crippen LogP contribution >= 0.6 is 0 Å². The molecular weight excluding hydrogens is 258 g/mol. The Kier molecular flexibility index (Phi) is 2.88. The first-order valence-corrected chi connectivity index (χ1v) is 5.72. The Hall–Kier alpha value is -3.16. The van der Waals surface area contributed by atoms with Gasteiger partial charge in [-0.3, -0.25) is 5.41 Å². The fourth-order valence-electron chi connectivity index (χ4n) is 1.83. The molecule has 0 aliphatic carbocycles. The van der Waals surface area contributed by atoms with Crippen LogP contribution in [0.15, 0.2) is 48.1 Å². The van der Waals surface area contributed by atoms with Crippen molar-refractivity contribution in [2.24, 2.45) is 5.29 Å². The van der Waals surface area contributed by atoms with E-state index >= 15 is 0 Å². The molecule has 0 fully saturated rings. The van der Waals surface area contributed by atoms with Crippen LogP contribution in [0.5, 0.6) is 0 Å². The van der Waals surface area contributed by atoms with Gasteiger partial charge in [0.25, 0.3) is 0 Å². The third-order valence-corrected chi connectivity index (χ3v) is 2.74.